The normalized spacial score (nSPS) is 17.6. The van der Waals surface area contributed by atoms with Crippen molar-refractivity contribution in [3.8, 4) is 11.3 Å². The highest BCUT2D eigenvalue weighted by atomic mass is 16.4. The van der Waals surface area contributed by atoms with E-state index in [2.05, 4.69) is 10.3 Å². The first-order chi connectivity index (χ1) is 11.5. The molecule has 1 aromatic heterocycles. The fraction of sp³-hybridized carbons (Fsp3) is 0.333. The van der Waals surface area contributed by atoms with Gasteiger partial charge in [-0.25, -0.2) is 4.98 Å². The third-order valence-electron chi connectivity index (χ3n) is 4.08. The minimum atomic E-state index is -0.529. The number of rotatable bonds is 5. The Bertz CT molecular complexity index is 761. The van der Waals surface area contributed by atoms with E-state index in [0.717, 1.165) is 25.8 Å². The van der Waals surface area contributed by atoms with Crippen molar-refractivity contribution in [1.29, 1.82) is 0 Å². The molecule has 0 aliphatic carbocycles. The monoisotopic (exact) mass is 326 g/mol. The maximum atomic E-state index is 12.6. The van der Waals surface area contributed by atoms with Gasteiger partial charge in [-0.1, -0.05) is 18.6 Å². The Morgan fingerprint density at radius 2 is 2.21 bits per heavy atom. The van der Waals surface area contributed by atoms with E-state index in [9.17, 15) is 9.59 Å². The van der Waals surface area contributed by atoms with Gasteiger partial charge >= 0.3 is 0 Å². The van der Waals surface area contributed by atoms with Crippen molar-refractivity contribution in [1.82, 2.24) is 10.3 Å². The number of Topliss-reactive ketones (excluding diaryl/α,β-unsaturated/α-hetero) is 1. The summed E-state index contributed by atoms with van der Waals surface area (Å²) in [6.07, 6.45) is 4.84. The van der Waals surface area contributed by atoms with Crippen molar-refractivity contribution in [2.75, 3.05) is 6.54 Å². The molecule has 6 nitrogen and oxygen atoms in total. The first-order valence-electron chi connectivity index (χ1n) is 8.05. The average molecular weight is 326 g/mol. The van der Waals surface area contributed by atoms with Crippen LogP contribution in [0.5, 0.6) is 0 Å². The molecule has 0 bridgehead atoms. The van der Waals surface area contributed by atoms with Gasteiger partial charge in [-0.15, -0.1) is 0 Å². The summed E-state index contributed by atoms with van der Waals surface area (Å²) in [6, 6.07) is 6.76. The molecule has 1 amide bonds. The molecule has 1 aromatic carbocycles. The summed E-state index contributed by atoms with van der Waals surface area (Å²) in [5.74, 6) is 0.0696. The zero-order valence-electron chi connectivity index (χ0n) is 13.5. The minimum absolute atomic E-state index is 0.0630. The van der Waals surface area contributed by atoms with E-state index in [1.807, 2.05) is 0 Å². The molecule has 1 fully saturated rings. The van der Waals surface area contributed by atoms with Crippen LogP contribution in [0, 0.1) is 13.3 Å². The van der Waals surface area contributed by atoms with Crippen molar-refractivity contribution in [3.05, 3.63) is 47.8 Å². The first kappa shape index (κ1) is 16.4. The molecule has 1 atom stereocenters. The fourth-order valence-electron chi connectivity index (χ4n) is 2.89. The molecule has 125 valence electrons. The SMILES string of the molecule is Cc1nc(C(=O)[CH]C2CCCCN2)c(-c2cccc(C(N)=O)c2)o1. The van der Waals surface area contributed by atoms with Crippen LogP contribution in [0.2, 0.25) is 0 Å². The van der Waals surface area contributed by atoms with Gasteiger partial charge in [0.1, 0.15) is 0 Å². The van der Waals surface area contributed by atoms with Gasteiger partial charge in [0.05, 0.1) is 6.42 Å². The molecule has 1 radical (unpaired) electrons. The third kappa shape index (κ3) is 3.54. The summed E-state index contributed by atoms with van der Waals surface area (Å²) >= 11 is 0. The van der Waals surface area contributed by atoms with Crippen LogP contribution < -0.4 is 11.1 Å². The fourth-order valence-corrected chi connectivity index (χ4v) is 2.89. The lowest BCUT2D eigenvalue weighted by Gasteiger charge is -2.22. The third-order valence-corrected chi connectivity index (χ3v) is 4.08. The lowest BCUT2D eigenvalue weighted by atomic mass is 9.97. The van der Waals surface area contributed by atoms with Gasteiger partial charge < -0.3 is 15.5 Å². The number of hydrogen-bond donors (Lipinski definition) is 2. The number of piperidine rings is 1. The molecular weight excluding hydrogens is 306 g/mol. The van der Waals surface area contributed by atoms with Crippen LogP contribution in [0.4, 0.5) is 0 Å². The second-order valence-electron chi connectivity index (χ2n) is 5.94. The van der Waals surface area contributed by atoms with Gasteiger partial charge in [0.15, 0.2) is 23.1 Å². The lowest BCUT2D eigenvalue weighted by Crippen LogP contribution is -2.36. The molecule has 1 saturated heterocycles. The summed E-state index contributed by atoms with van der Waals surface area (Å²) in [5.41, 5.74) is 6.56. The van der Waals surface area contributed by atoms with Gasteiger partial charge in [0.25, 0.3) is 0 Å². The molecule has 0 saturated carbocycles. The number of aromatic nitrogens is 1. The Hall–Kier alpha value is -2.47. The van der Waals surface area contributed by atoms with Crippen LogP contribution in [0.3, 0.4) is 0 Å². The number of nitrogens with one attached hydrogen (secondary N) is 1. The summed E-state index contributed by atoms with van der Waals surface area (Å²) in [6.45, 7) is 2.61. The Morgan fingerprint density at radius 1 is 1.38 bits per heavy atom. The van der Waals surface area contributed by atoms with Crippen LogP contribution in [-0.4, -0.2) is 29.3 Å². The Kier molecular flexibility index (Phi) is 4.76. The zero-order chi connectivity index (χ0) is 17.1. The second-order valence-corrected chi connectivity index (χ2v) is 5.94. The first-order valence-corrected chi connectivity index (χ1v) is 8.05. The van der Waals surface area contributed by atoms with Gasteiger partial charge in [0, 0.05) is 24.1 Å². The average Bonchev–Trinajstić information content (AvgIpc) is 2.98. The number of carbonyl (C=O) groups excluding carboxylic acids is 2. The largest absolute Gasteiger partial charge is 0.440 e. The van der Waals surface area contributed by atoms with Crippen LogP contribution in [-0.2, 0) is 0 Å². The number of ketones is 1. The Morgan fingerprint density at radius 3 is 2.92 bits per heavy atom. The maximum absolute atomic E-state index is 12.6. The molecule has 3 N–H and O–H groups in total. The summed E-state index contributed by atoms with van der Waals surface area (Å²) in [7, 11) is 0. The van der Waals surface area contributed by atoms with Crippen LogP contribution in [0.15, 0.2) is 28.7 Å². The van der Waals surface area contributed by atoms with Crippen molar-refractivity contribution < 1.29 is 14.0 Å². The lowest BCUT2D eigenvalue weighted by molar-refractivity contribution is 0.0996. The van der Waals surface area contributed by atoms with Crippen LogP contribution in [0.25, 0.3) is 11.3 Å². The number of nitrogens with zero attached hydrogens (tertiary/aromatic N) is 1. The highest BCUT2D eigenvalue weighted by molar-refractivity contribution is 6.05. The molecular formula is C18H20N3O3. The molecule has 2 heterocycles. The van der Waals surface area contributed by atoms with E-state index < -0.39 is 5.91 Å². The topological polar surface area (TPSA) is 98.2 Å². The maximum Gasteiger partial charge on any atom is 0.248 e. The van der Waals surface area contributed by atoms with Gasteiger partial charge in [-0.05, 0) is 31.5 Å². The number of benzene rings is 1. The van der Waals surface area contributed by atoms with Crippen molar-refractivity contribution >= 4 is 11.7 Å². The van der Waals surface area contributed by atoms with Crippen molar-refractivity contribution in [3.63, 3.8) is 0 Å². The number of amides is 1. The second kappa shape index (κ2) is 6.97. The van der Waals surface area contributed by atoms with E-state index >= 15 is 0 Å². The van der Waals surface area contributed by atoms with Crippen LogP contribution in [0.1, 0.15) is 46.0 Å². The quantitative estimate of drug-likeness (QED) is 0.821. The minimum Gasteiger partial charge on any atom is -0.440 e. The standard InChI is InChI=1S/C18H20N3O3/c1-11-21-16(15(22)10-14-7-2-3-8-20-14)17(24-11)12-5-4-6-13(9-12)18(19)23/h4-6,9-10,14,20H,2-3,7-8H2,1H3,(H2,19,23). The summed E-state index contributed by atoms with van der Waals surface area (Å²) in [4.78, 5) is 28.2. The predicted octanol–water partition coefficient (Wildman–Crippen LogP) is 2.28. The molecule has 1 aliphatic rings. The summed E-state index contributed by atoms with van der Waals surface area (Å²) < 4.78 is 5.62. The van der Waals surface area contributed by atoms with E-state index in [1.165, 1.54) is 0 Å². The smallest absolute Gasteiger partial charge is 0.248 e. The van der Waals surface area contributed by atoms with E-state index in [1.54, 1.807) is 37.6 Å². The molecule has 24 heavy (non-hydrogen) atoms. The summed E-state index contributed by atoms with van der Waals surface area (Å²) in [5, 5.41) is 3.31. The van der Waals surface area contributed by atoms with Gasteiger partial charge in [-0.3, -0.25) is 9.59 Å². The highest BCUT2D eigenvalue weighted by Gasteiger charge is 2.24. The Balaban J connectivity index is 1.88. The number of primary amides is 1. The van der Waals surface area contributed by atoms with Gasteiger partial charge in [0.2, 0.25) is 5.91 Å². The van der Waals surface area contributed by atoms with E-state index in [4.69, 9.17) is 10.2 Å². The molecule has 6 heteroatoms. The number of nitrogens with two attached hydrogens (primary N) is 1. The van der Waals surface area contributed by atoms with Crippen molar-refractivity contribution in [2.45, 2.75) is 32.2 Å². The van der Waals surface area contributed by atoms with E-state index in [-0.39, 0.29) is 17.5 Å². The molecule has 0 spiro atoms. The molecule has 3 rings (SSSR count). The van der Waals surface area contributed by atoms with Gasteiger partial charge in [-0.2, -0.15) is 0 Å². The highest BCUT2D eigenvalue weighted by Crippen LogP contribution is 2.27. The number of carbonyl (C=O) groups is 2. The zero-order valence-corrected chi connectivity index (χ0v) is 13.5. The van der Waals surface area contributed by atoms with Crippen molar-refractivity contribution in [2.24, 2.45) is 5.73 Å². The Labute approximate surface area is 140 Å². The molecule has 2 aromatic rings. The predicted molar refractivity (Wildman–Crippen MR) is 89.5 cm³/mol. The number of oxazole rings is 1. The van der Waals surface area contributed by atoms with E-state index in [0.29, 0.717) is 22.8 Å². The molecule has 1 aliphatic heterocycles. The number of aryl methyl sites for hydroxylation is 1. The van der Waals surface area contributed by atoms with Crippen LogP contribution >= 0.6 is 0 Å². The number of hydrogen-bond acceptors (Lipinski definition) is 5. The molecule has 1 unspecified atom stereocenters.